The number of para-hydroxylation sites is 1. The van der Waals surface area contributed by atoms with E-state index < -0.39 is 0 Å². The Morgan fingerprint density at radius 1 is 1.42 bits per heavy atom. The Balaban J connectivity index is 2.42. The molecule has 0 amide bonds. The Morgan fingerprint density at radius 2 is 2.17 bits per heavy atom. The van der Waals surface area contributed by atoms with E-state index in [-0.39, 0.29) is 6.17 Å². The summed E-state index contributed by atoms with van der Waals surface area (Å²) in [4.78, 5) is 2.15. The van der Waals surface area contributed by atoms with Gasteiger partial charge in [0.2, 0.25) is 0 Å². The molecule has 1 unspecified atom stereocenters. The van der Waals surface area contributed by atoms with Gasteiger partial charge in [-0.1, -0.05) is 18.2 Å². The normalized spacial score (nSPS) is 22.2. The van der Waals surface area contributed by atoms with Crippen LogP contribution in [0.25, 0.3) is 0 Å². The van der Waals surface area contributed by atoms with E-state index >= 15 is 0 Å². The summed E-state index contributed by atoms with van der Waals surface area (Å²) >= 11 is 0. The minimum Gasteiger partial charge on any atom is -0.359 e. The number of rotatable bonds is 0. The fraction of sp³-hybridized carbons (Fsp3) is 0.400. The smallest absolute Gasteiger partial charge is 0.0770 e. The average Bonchev–Trinajstić information content (AvgIpc) is 2.12. The molecule has 0 radical (unpaired) electrons. The van der Waals surface area contributed by atoms with Gasteiger partial charge in [0.25, 0.3) is 0 Å². The number of nitrogens with zero attached hydrogens (tertiary/aromatic N) is 1. The van der Waals surface area contributed by atoms with E-state index in [2.05, 4.69) is 36.2 Å². The van der Waals surface area contributed by atoms with Crippen LogP contribution in [0.1, 0.15) is 12.0 Å². The van der Waals surface area contributed by atoms with Crippen molar-refractivity contribution >= 4 is 5.69 Å². The van der Waals surface area contributed by atoms with Crippen molar-refractivity contribution in [2.75, 3.05) is 11.9 Å². The van der Waals surface area contributed by atoms with Crippen molar-refractivity contribution < 1.29 is 0 Å². The number of anilines is 1. The molecule has 1 aromatic carbocycles. The van der Waals surface area contributed by atoms with Crippen molar-refractivity contribution in [3.05, 3.63) is 29.8 Å². The summed E-state index contributed by atoms with van der Waals surface area (Å²) in [5, 5.41) is 0. The van der Waals surface area contributed by atoms with E-state index in [0.29, 0.717) is 0 Å². The minimum absolute atomic E-state index is 0.194. The summed E-state index contributed by atoms with van der Waals surface area (Å²) in [6.07, 6.45) is 2.37. The van der Waals surface area contributed by atoms with E-state index in [1.54, 1.807) is 0 Å². The molecule has 0 spiro atoms. The Kier molecular flexibility index (Phi) is 1.77. The number of fused-ring (bicyclic) bond motifs is 1. The predicted molar refractivity (Wildman–Crippen MR) is 51.1 cm³/mol. The second kappa shape index (κ2) is 2.79. The third-order valence-corrected chi connectivity index (χ3v) is 2.58. The second-order valence-electron chi connectivity index (χ2n) is 3.35. The lowest BCUT2D eigenvalue weighted by atomic mass is 10.0. The lowest BCUT2D eigenvalue weighted by Gasteiger charge is -2.33. The summed E-state index contributed by atoms with van der Waals surface area (Å²) < 4.78 is 0. The SMILES string of the molecule is CN1c2ccccc2CCC1N. The van der Waals surface area contributed by atoms with Crippen molar-refractivity contribution in [3.63, 3.8) is 0 Å². The van der Waals surface area contributed by atoms with Gasteiger partial charge in [-0.3, -0.25) is 0 Å². The molecule has 64 valence electrons. The zero-order valence-corrected chi connectivity index (χ0v) is 7.33. The van der Waals surface area contributed by atoms with Gasteiger partial charge in [-0.15, -0.1) is 0 Å². The van der Waals surface area contributed by atoms with E-state index in [4.69, 9.17) is 5.73 Å². The maximum atomic E-state index is 5.92. The zero-order chi connectivity index (χ0) is 8.55. The molecule has 0 aliphatic carbocycles. The van der Waals surface area contributed by atoms with E-state index in [1.165, 1.54) is 11.3 Å². The number of hydrogen-bond donors (Lipinski definition) is 1. The second-order valence-corrected chi connectivity index (χ2v) is 3.35. The summed E-state index contributed by atoms with van der Waals surface area (Å²) in [5.41, 5.74) is 8.63. The number of benzene rings is 1. The molecule has 2 rings (SSSR count). The van der Waals surface area contributed by atoms with Crippen LogP contribution >= 0.6 is 0 Å². The summed E-state index contributed by atoms with van der Waals surface area (Å²) in [6.45, 7) is 0. The Labute approximate surface area is 73.0 Å². The first-order chi connectivity index (χ1) is 5.79. The highest BCUT2D eigenvalue weighted by atomic mass is 15.2. The summed E-state index contributed by atoms with van der Waals surface area (Å²) in [6, 6.07) is 8.46. The Morgan fingerprint density at radius 3 is 3.00 bits per heavy atom. The predicted octanol–water partition coefficient (Wildman–Crippen LogP) is 1.35. The fourth-order valence-corrected chi connectivity index (χ4v) is 1.74. The van der Waals surface area contributed by atoms with Crippen LogP contribution in [0.5, 0.6) is 0 Å². The first kappa shape index (κ1) is 7.62. The summed E-state index contributed by atoms with van der Waals surface area (Å²) in [7, 11) is 2.06. The van der Waals surface area contributed by atoms with Crippen molar-refractivity contribution in [1.82, 2.24) is 0 Å². The highest BCUT2D eigenvalue weighted by Gasteiger charge is 2.18. The molecular formula is C10H14N2. The van der Waals surface area contributed by atoms with E-state index in [0.717, 1.165) is 12.8 Å². The van der Waals surface area contributed by atoms with Crippen molar-refractivity contribution in [2.45, 2.75) is 19.0 Å². The highest BCUT2D eigenvalue weighted by molar-refractivity contribution is 5.55. The van der Waals surface area contributed by atoms with Gasteiger partial charge in [0, 0.05) is 12.7 Å². The average molecular weight is 162 g/mol. The molecule has 0 bridgehead atoms. The lowest BCUT2D eigenvalue weighted by molar-refractivity contribution is 0.576. The molecule has 1 atom stereocenters. The molecule has 0 aromatic heterocycles. The van der Waals surface area contributed by atoms with Crippen LogP contribution < -0.4 is 10.6 Å². The van der Waals surface area contributed by atoms with Gasteiger partial charge < -0.3 is 10.6 Å². The minimum atomic E-state index is 0.194. The number of hydrogen-bond acceptors (Lipinski definition) is 2. The third-order valence-electron chi connectivity index (χ3n) is 2.58. The first-order valence-corrected chi connectivity index (χ1v) is 4.35. The van der Waals surface area contributed by atoms with Gasteiger partial charge in [-0.2, -0.15) is 0 Å². The van der Waals surface area contributed by atoms with Crippen LogP contribution in [0.4, 0.5) is 5.69 Å². The fourth-order valence-electron chi connectivity index (χ4n) is 1.74. The van der Waals surface area contributed by atoms with Crippen LogP contribution in [0.2, 0.25) is 0 Å². The highest BCUT2D eigenvalue weighted by Crippen LogP contribution is 2.26. The monoisotopic (exact) mass is 162 g/mol. The standard InChI is InChI=1S/C10H14N2/c1-12-9-5-3-2-4-8(9)6-7-10(12)11/h2-5,10H,6-7,11H2,1H3. The zero-order valence-electron chi connectivity index (χ0n) is 7.33. The number of nitrogens with two attached hydrogens (primary N) is 1. The molecule has 0 saturated carbocycles. The molecule has 1 aromatic rings. The van der Waals surface area contributed by atoms with Gasteiger partial charge in [-0.25, -0.2) is 0 Å². The molecule has 2 N–H and O–H groups in total. The van der Waals surface area contributed by atoms with Crippen LogP contribution in [-0.4, -0.2) is 13.2 Å². The molecule has 2 heteroatoms. The van der Waals surface area contributed by atoms with E-state index in [9.17, 15) is 0 Å². The molecular weight excluding hydrogens is 148 g/mol. The molecule has 2 nitrogen and oxygen atoms in total. The van der Waals surface area contributed by atoms with Crippen molar-refractivity contribution in [1.29, 1.82) is 0 Å². The van der Waals surface area contributed by atoms with Gasteiger partial charge in [0.05, 0.1) is 6.17 Å². The van der Waals surface area contributed by atoms with Gasteiger partial charge >= 0.3 is 0 Å². The third kappa shape index (κ3) is 1.08. The van der Waals surface area contributed by atoms with Gasteiger partial charge in [-0.05, 0) is 24.5 Å². The topological polar surface area (TPSA) is 29.3 Å². The largest absolute Gasteiger partial charge is 0.359 e. The van der Waals surface area contributed by atoms with Gasteiger partial charge in [0.15, 0.2) is 0 Å². The van der Waals surface area contributed by atoms with Crippen LogP contribution in [0.3, 0.4) is 0 Å². The summed E-state index contributed by atoms with van der Waals surface area (Å²) in [5.74, 6) is 0. The molecule has 1 aliphatic rings. The van der Waals surface area contributed by atoms with Crippen molar-refractivity contribution in [3.8, 4) is 0 Å². The van der Waals surface area contributed by atoms with Gasteiger partial charge in [0.1, 0.15) is 0 Å². The molecule has 12 heavy (non-hydrogen) atoms. The van der Waals surface area contributed by atoms with Crippen LogP contribution in [0, 0.1) is 0 Å². The molecule has 0 fully saturated rings. The molecule has 1 aliphatic heterocycles. The lowest BCUT2D eigenvalue weighted by Crippen LogP contribution is -2.42. The first-order valence-electron chi connectivity index (χ1n) is 4.35. The van der Waals surface area contributed by atoms with Crippen LogP contribution in [-0.2, 0) is 6.42 Å². The number of aryl methyl sites for hydroxylation is 1. The van der Waals surface area contributed by atoms with E-state index in [1.807, 2.05) is 0 Å². The van der Waals surface area contributed by atoms with Crippen molar-refractivity contribution in [2.24, 2.45) is 5.73 Å². The molecule has 0 saturated heterocycles. The maximum Gasteiger partial charge on any atom is 0.0770 e. The quantitative estimate of drug-likeness (QED) is 0.624. The van der Waals surface area contributed by atoms with Crippen LogP contribution in [0.15, 0.2) is 24.3 Å². The Bertz CT molecular complexity index is 283. The maximum absolute atomic E-state index is 5.92. The molecule has 1 heterocycles. The Hall–Kier alpha value is -1.02.